The van der Waals surface area contributed by atoms with Crippen LogP contribution in [0.1, 0.15) is 9.67 Å². The standard InChI is InChI=1S/C12H8ClN3O3S3/c1-16-9(17)5-3-4-20-8(5)15-11(16)22-12-14-7(13)6(21-12)10(18)19-2/h3-4H,1-2H3. The van der Waals surface area contributed by atoms with Crippen LogP contribution in [0.25, 0.3) is 10.2 Å². The molecule has 3 heterocycles. The van der Waals surface area contributed by atoms with E-state index < -0.39 is 5.97 Å². The number of fused-ring (bicyclic) bond motifs is 1. The second-order valence-corrected chi connectivity index (χ2v) is 7.56. The van der Waals surface area contributed by atoms with Crippen LogP contribution in [0, 0.1) is 0 Å². The second kappa shape index (κ2) is 5.99. The van der Waals surface area contributed by atoms with Crippen LogP contribution in [0.15, 0.2) is 25.7 Å². The summed E-state index contributed by atoms with van der Waals surface area (Å²) < 4.78 is 6.61. The molecule has 0 amide bonds. The van der Waals surface area contributed by atoms with Crippen molar-refractivity contribution >= 4 is 62.2 Å². The Morgan fingerprint density at radius 3 is 2.95 bits per heavy atom. The SMILES string of the molecule is COC(=O)c1sc(Sc2nc3sccc3c(=O)n2C)nc1Cl. The molecule has 6 nitrogen and oxygen atoms in total. The van der Waals surface area contributed by atoms with Crippen LogP contribution in [0.4, 0.5) is 0 Å². The van der Waals surface area contributed by atoms with Gasteiger partial charge in [0.1, 0.15) is 4.83 Å². The van der Waals surface area contributed by atoms with Gasteiger partial charge in [0, 0.05) is 7.05 Å². The fourth-order valence-electron chi connectivity index (χ4n) is 1.69. The number of aromatic nitrogens is 3. The van der Waals surface area contributed by atoms with E-state index in [0.717, 1.165) is 11.3 Å². The summed E-state index contributed by atoms with van der Waals surface area (Å²) in [7, 11) is 2.92. The minimum absolute atomic E-state index is 0.0848. The molecule has 0 atom stereocenters. The van der Waals surface area contributed by atoms with Crippen LogP contribution in [0.3, 0.4) is 0 Å². The van der Waals surface area contributed by atoms with Crippen molar-refractivity contribution in [3.8, 4) is 0 Å². The molecule has 0 N–H and O–H groups in total. The minimum atomic E-state index is -0.537. The summed E-state index contributed by atoms with van der Waals surface area (Å²) in [6.45, 7) is 0. The smallest absolute Gasteiger partial charge is 0.351 e. The van der Waals surface area contributed by atoms with E-state index in [9.17, 15) is 9.59 Å². The number of carbonyl (C=O) groups is 1. The van der Waals surface area contributed by atoms with Gasteiger partial charge in [0.25, 0.3) is 5.56 Å². The van der Waals surface area contributed by atoms with Crippen molar-refractivity contribution in [1.82, 2.24) is 14.5 Å². The zero-order valence-electron chi connectivity index (χ0n) is 11.3. The summed E-state index contributed by atoms with van der Waals surface area (Å²) in [6.07, 6.45) is 0. The topological polar surface area (TPSA) is 74.1 Å². The lowest BCUT2D eigenvalue weighted by molar-refractivity contribution is 0.0606. The maximum absolute atomic E-state index is 12.2. The molecule has 0 saturated heterocycles. The highest BCUT2D eigenvalue weighted by molar-refractivity contribution is 8.00. The number of nitrogens with zero attached hydrogens (tertiary/aromatic N) is 3. The molecule has 0 aliphatic heterocycles. The van der Waals surface area contributed by atoms with E-state index in [0.29, 0.717) is 19.7 Å². The molecule has 114 valence electrons. The second-order valence-electron chi connectivity index (χ2n) is 4.09. The molecule has 0 spiro atoms. The number of thiophene rings is 1. The molecular weight excluding hydrogens is 366 g/mol. The Morgan fingerprint density at radius 2 is 2.23 bits per heavy atom. The molecule has 0 fully saturated rings. The lowest BCUT2D eigenvalue weighted by atomic mass is 10.4. The number of rotatable bonds is 3. The van der Waals surface area contributed by atoms with Gasteiger partial charge in [0.15, 0.2) is 19.5 Å². The zero-order chi connectivity index (χ0) is 15.9. The van der Waals surface area contributed by atoms with E-state index in [1.54, 1.807) is 13.1 Å². The molecule has 0 unspecified atom stereocenters. The van der Waals surface area contributed by atoms with E-state index in [1.165, 1.54) is 34.8 Å². The highest BCUT2D eigenvalue weighted by Gasteiger charge is 2.19. The first-order valence-electron chi connectivity index (χ1n) is 5.88. The summed E-state index contributed by atoms with van der Waals surface area (Å²) in [6, 6.07) is 1.75. The van der Waals surface area contributed by atoms with E-state index in [2.05, 4.69) is 14.7 Å². The first-order chi connectivity index (χ1) is 10.5. The van der Waals surface area contributed by atoms with Gasteiger partial charge in [0.2, 0.25) is 0 Å². The van der Waals surface area contributed by atoms with Gasteiger partial charge < -0.3 is 4.74 Å². The third-order valence-corrected chi connectivity index (χ3v) is 6.12. The number of thiazole rings is 1. The van der Waals surface area contributed by atoms with Crippen molar-refractivity contribution in [2.75, 3.05) is 7.11 Å². The number of halogens is 1. The lowest BCUT2D eigenvalue weighted by Crippen LogP contribution is -2.18. The van der Waals surface area contributed by atoms with Crippen molar-refractivity contribution in [3.63, 3.8) is 0 Å². The maximum atomic E-state index is 12.2. The summed E-state index contributed by atoms with van der Waals surface area (Å²) in [5.74, 6) is -0.537. The predicted octanol–water partition coefficient (Wildman–Crippen LogP) is 3.04. The summed E-state index contributed by atoms with van der Waals surface area (Å²) in [5.41, 5.74) is -0.121. The first kappa shape index (κ1) is 15.5. The number of hydrogen-bond donors (Lipinski definition) is 0. The molecule has 3 aromatic heterocycles. The van der Waals surface area contributed by atoms with Crippen molar-refractivity contribution < 1.29 is 9.53 Å². The highest BCUT2D eigenvalue weighted by Crippen LogP contribution is 2.34. The number of methoxy groups -OCH3 is 1. The van der Waals surface area contributed by atoms with Gasteiger partial charge >= 0.3 is 5.97 Å². The lowest BCUT2D eigenvalue weighted by Gasteiger charge is -2.04. The van der Waals surface area contributed by atoms with Gasteiger partial charge in [-0.25, -0.2) is 14.8 Å². The number of carbonyl (C=O) groups excluding carboxylic acids is 1. The number of esters is 1. The third-order valence-electron chi connectivity index (χ3n) is 2.78. The van der Waals surface area contributed by atoms with Crippen LogP contribution in [-0.4, -0.2) is 27.6 Å². The van der Waals surface area contributed by atoms with Crippen molar-refractivity contribution in [1.29, 1.82) is 0 Å². The van der Waals surface area contributed by atoms with E-state index in [-0.39, 0.29) is 15.6 Å². The Kier molecular flexibility index (Phi) is 4.22. The van der Waals surface area contributed by atoms with Gasteiger partial charge in [-0.1, -0.05) is 22.9 Å². The molecule has 0 aliphatic rings. The summed E-state index contributed by atoms with van der Waals surface area (Å²) in [5, 5.41) is 2.98. The molecule has 3 aromatic rings. The fourth-order valence-corrected chi connectivity index (χ4v) is 4.78. The Hall–Kier alpha value is -1.42. The Bertz CT molecular complexity index is 931. The molecular formula is C12H8ClN3O3S3. The van der Waals surface area contributed by atoms with Gasteiger partial charge in [0.05, 0.1) is 12.5 Å². The zero-order valence-corrected chi connectivity index (χ0v) is 14.5. The van der Waals surface area contributed by atoms with Gasteiger partial charge in [-0.05, 0) is 23.2 Å². The van der Waals surface area contributed by atoms with E-state index in [1.807, 2.05) is 5.38 Å². The Labute approximate surface area is 141 Å². The molecule has 10 heteroatoms. The van der Waals surface area contributed by atoms with Crippen LogP contribution >= 0.6 is 46.0 Å². The van der Waals surface area contributed by atoms with Crippen molar-refractivity contribution in [2.45, 2.75) is 9.50 Å². The van der Waals surface area contributed by atoms with E-state index in [4.69, 9.17) is 11.6 Å². The summed E-state index contributed by atoms with van der Waals surface area (Å²) >= 11 is 9.61. The molecule has 0 bridgehead atoms. The average molecular weight is 374 g/mol. The molecule has 0 saturated carbocycles. The monoisotopic (exact) mass is 373 g/mol. The van der Waals surface area contributed by atoms with Crippen LogP contribution in [0.5, 0.6) is 0 Å². The largest absolute Gasteiger partial charge is 0.465 e. The molecule has 0 radical (unpaired) electrons. The fraction of sp³-hybridized carbons (Fsp3) is 0.167. The first-order valence-corrected chi connectivity index (χ1v) is 8.77. The van der Waals surface area contributed by atoms with Gasteiger partial charge in [-0.15, -0.1) is 11.3 Å². The van der Waals surface area contributed by atoms with Crippen LogP contribution < -0.4 is 5.56 Å². The molecule has 22 heavy (non-hydrogen) atoms. The minimum Gasteiger partial charge on any atom is -0.465 e. The molecule has 0 aromatic carbocycles. The van der Waals surface area contributed by atoms with Gasteiger partial charge in [-0.2, -0.15) is 0 Å². The summed E-state index contributed by atoms with van der Waals surface area (Å²) in [4.78, 5) is 33.2. The quantitative estimate of drug-likeness (QED) is 0.519. The van der Waals surface area contributed by atoms with Crippen molar-refractivity contribution in [2.24, 2.45) is 7.05 Å². The Morgan fingerprint density at radius 1 is 1.45 bits per heavy atom. The number of ether oxygens (including phenoxy) is 1. The average Bonchev–Trinajstić information content (AvgIpc) is 3.10. The normalized spacial score (nSPS) is 11.0. The number of hydrogen-bond acceptors (Lipinski definition) is 8. The highest BCUT2D eigenvalue weighted by atomic mass is 35.5. The predicted molar refractivity (Wildman–Crippen MR) is 87.4 cm³/mol. The third kappa shape index (κ3) is 2.65. The van der Waals surface area contributed by atoms with Gasteiger partial charge in [-0.3, -0.25) is 9.36 Å². The van der Waals surface area contributed by atoms with Crippen molar-refractivity contribution in [3.05, 3.63) is 31.8 Å². The molecule has 3 rings (SSSR count). The van der Waals surface area contributed by atoms with E-state index >= 15 is 0 Å². The maximum Gasteiger partial charge on any atom is 0.351 e. The van der Waals surface area contributed by atoms with Crippen LogP contribution in [0.2, 0.25) is 5.15 Å². The Balaban J connectivity index is 2.02. The van der Waals surface area contributed by atoms with Crippen LogP contribution in [-0.2, 0) is 11.8 Å². The molecule has 0 aliphatic carbocycles.